The zero-order valence-electron chi connectivity index (χ0n) is 12.9. The number of rotatable bonds is 10. The van der Waals surface area contributed by atoms with Crippen LogP contribution < -0.4 is 5.32 Å². The van der Waals surface area contributed by atoms with Crippen molar-refractivity contribution in [2.75, 3.05) is 20.3 Å². The summed E-state index contributed by atoms with van der Waals surface area (Å²) in [6.45, 7) is 9.49. The second-order valence-corrected chi connectivity index (χ2v) is 5.28. The number of ether oxygens (including phenoxy) is 1. The predicted octanol–water partition coefficient (Wildman–Crippen LogP) is 2.49. The van der Waals surface area contributed by atoms with Crippen molar-refractivity contribution in [3.63, 3.8) is 0 Å². The molecule has 1 aromatic heterocycles. The zero-order chi connectivity index (χ0) is 14.1. The Hall–Kier alpha value is -0.870. The summed E-state index contributed by atoms with van der Waals surface area (Å²) in [5.74, 6) is 1.75. The highest BCUT2D eigenvalue weighted by Crippen LogP contribution is 2.11. The van der Waals surface area contributed by atoms with E-state index in [1.165, 1.54) is 5.82 Å². The third kappa shape index (κ3) is 5.74. The van der Waals surface area contributed by atoms with Crippen LogP contribution in [-0.2, 0) is 17.7 Å². The lowest BCUT2D eigenvalue weighted by molar-refractivity contribution is 0.149. The standard InChI is InChI=1S/C15H29N3O/c1-5-7-16-14(10-13(3)12-19-4)11-15-17-8-9-18(15)6-2/h8-9,13-14,16H,5-7,10-12H2,1-4H3. The lowest BCUT2D eigenvalue weighted by Crippen LogP contribution is -2.35. The topological polar surface area (TPSA) is 39.1 Å². The van der Waals surface area contributed by atoms with Gasteiger partial charge in [0.2, 0.25) is 0 Å². The van der Waals surface area contributed by atoms with Gasteiger partial charge in [0.25, 0.3) is 0 Å². The van der Waals surface area contributed by atoms with Crippen LogP contribution in [0.15, 0.2) is 12.4 Å². The van der Waals surface area contributed by atoms with E-state index in [-0.39, 0.29) is 0 Å². The Bertz CT molecular complexity index is 338. The van der Waals surface area contributed by atoms with Gasteiger partial charge in [0.05, 0.1) is 0 Å². The van der Waals surface area contributed by atoms with E-state index in [1.54, 1.807) is 7.11 Å². The van der Waals surface area contributed by atoms with E-state index in [2.05, 4.69) is 41.8 Å². The third-order valence-corrected chi connectivity index (χ3v) is 3.39. The van der Waals surface area contributed by atoms with Crippen LogP contribution in [0.4, 0.5) is 0 Å². The quantitative estimate of drug-likeness (QED) is 0.708. The Morgan fingerprint density at radius 2 is 2.21 bits per heavy atom. The van der Waals surface area contributed by atoms with Gasteiger partial charge in [-0.15, -0.1) is 0 Å². The first kappa shape index (κ1) is 16.2. The molecule has 0 aliphatic rings. The molecule has 0 amide bonds. The van der Waals surface area contributed by atoms with E-state index >= 15 is 0 Å². The number of nitrogens with zero attached hydrogens (tertiary/aromatic N) is 2. The fourth-order valence-electron chi connectivity index (χ4n) is 2.46. The van der Waals surface area contributed by atoms with Crippen LogP contribution in [0, 0.1) is 5.92 Å². The first-order valence-corrected chi connectivity index (χ1v) is 7.43. The summed E-state index contributed by atoms with van der Waals surface area (Å²) in [6.07, 6.45) is 7.25. The van der Waals surface area contributed by atoms with Gasteiger partial charge in [-0.25, -0.2) is 4.98 Å². The van der Waals surface area contributed by atoms with Crippen LogP contribution in [0.2, 0.25) is 0 Å². The molecule has 0 aliphatic carbocycles. The smallest absolute Gasteiger partial charge is 0.110 e. The molecule has 1 rings (SSSR count). The van der Waals surface area contributed by atoms with Gasteiger partial charge in [0.15, 0.2) is 0 Å². The highest BCUT2D eigenvalue weighted by atomic mass is 16.5. The molecule has 110 valence electrons. The fourth-order valence-corrected chi connectivity index (χ4v) is 2.46. The van der Waals surface area contributed by atoms with E-state index in [1.807, 2.05) is 6.20 Å². The summed E-state index contributed by atoms with van der Waals surface area (Å²) >= 11 is 0. The van der Waals surface area contributed by atoms with Crippen molar-refractivity contribution in [3.05, 3.63) is 18.2 Å². The maximum atomic E-state index is 5.24. The molecule has 2 unspecified atom stereocenters. The van der Waals surface area contributed by atoms with Crippen LogP contribution in [0.5, 0.6) is 0 Å². The molecule has 0 bridgehead atoms. The molecule has 0 saturated carbocycles. The average Bonchev–Trinajstić information content (AvgIpc) is 2.83. The number of hydrogen-bond acceptors (Lipinski definition) is 3. The number of nitrogens with one attached hydrogen (secondary N) is 1. The molecule has 0 spiro atoms. The van der Waals surface area contributed by atoms with Crippen LogP contribution >= 0.6 is 0 Å². The van der Waals surface area contributed by atoms with E-state index < -0.39 is 0 Å². The summed E-state index contributed by atoms with van der Waals surface area (Å²) < 4.78 is 7.46. The second-order valence-electron chi connectivity index (χ2n) is 5.28. The zero-order valence-corrected chi connectivity index (χ0v) is 12.9. The molecule has 4 heteroatoms. The SMILES string of the molecule is CCCNC(Cc1nccn1CC)CC(C)COC. The van der Waals surface area contributed by atoms with Crippen molar-refractivity contribution in [1.82, 2.24) is 14.9 Å². The summed E-state index contributed by atoms with van der Waals surface area (Å²) in [7, 11) is 1.77. The average molecular weight is 267 g/mol. The maximum absolute atomic E-state index is 5.24. The van der Waals surface area contributed by atoms with Gasteiger partial charge < -0.3 is 14.6 Å². The van der Waals surface area contributed by atoms with E-state index in [4.69, 9.17) is 4.74 Å². The molecule has 1 heterocycles. The molecule has 0 radical (unpaired) electrons. The van der Waals surface area contributed by atoms with Gasteiger partial charge in [-0.3, -0.25) is 0 Å². The van der Waals surface area contributed by atoms with Crippen LogP contribution in [-0.4, -0.2) is 35.9 Å². The Morgan fingerprint density at radius 1 is 1.42 bits per heavy atom. The Balaban J connectivity index is 2.57. The molecule has 1 aromatic rings. The Morgan fingerprint density at radius 3 is 2.84 bits per heavy atom. The van der Waals surface area contributed by atoms with Crippen molar-refractivity contribution >= 4 is 0 Å². The van der Waals surface area contributed by atoms with Gasteiger partial charge in [-0.05, 0) is 32.2 Å². The van der Waals surface area contributed by atoms with E-state index in [9.17, 15) is 0 Å². The number of aryl methyl sites for hydroxylation is 1. The van der Waals surface area contributed by atoms with Crippen LogP contribution in [0.25, 0.3) is 0 Å². The maximum Gasteiger partial charge on any atom is 0.110 e. The molecule has 0 fully saturated rings. The van der Waals surface area contributed by atoms with Crippen LogP contribution in [0.1, 0.15) is 39.4 Å². The third-order valence-electron chi connectivity index (χ3n) is 3.39. The summed E-state index contributed by atoms with van der Waals surface area (Å²) in [4.78, 5) is 4.48. The predicted molar refractivity (Wildman–Crippen MR) is 79.3 cm³/mol. The number of aromatic nitrogens is 2. The Kier molecular flexibility index (Phi) is 7.75. The van der Waals surface area contributed by atoms with Crippen molar-refractivity contribution in [2.24, 2.45) is 5.92 Å². The van der Waals surface area contributed by atoms with Gasteiger partial charge >= 0.3 is 0 Å². The second kappa shape index (κ2) is 9.10. The van der Waals surface area contributed by atoms with Crippen LogP contribution in [0.3, 0.4) is 0 Å². The highest BCUT2D eigenvalue weighted by Gasteiger charge is 2.15. The molecular weight excluding hydrogens is 238 g/mol. The van der Waals surface area contributed by atoms with E-state index in [0.717, 1.165) is 39.0 Å². The molecule has 1 N–H and O–H groups in total. The number of imidazole rings is 1. The lowest BCUT2D eigenvalue weighted by Gasteiger charge is -2.22. The Labute approximate surface area is 117 Å². The normalized spacial score (nSPS) is 14.5. The molecule has 4 nitrogen and oxygen atoms in total. The first-order chi connectivity index (χ1) is 9.21. The minimum Gasteiger partial charge on any atom is -0.384 e. The van der Waals surface area contributed by atoms with Crippen molar-refractivity contribution in [2.45, 2.75) is 52.6 Å². The largest absolute Gasteiger partial charge is 0.384 e. The summed E-state index contributed by atoms with van der Waals surface area (Å²) in [5.41, 5.74) is 0. The minimum atomic E-state index is 0.484. The monoisotopic (exact) mass is 267 g/mol. The van der Waals surface area contributed by atoms with Crippen molar-refractivity contribution < 1.29 is 4.74 Å². The van der Waals surface area contributed by atoms with E-state index in [0.29, 0.717) is 12.0 Å². The molecule has 19 heavy (non-hydrogen) atoms. The first-order valence-electron chi connectivity index (χ1n) is 7.43. The molecule has 0 aliphatic heterocycles. The van der Waals surface area contributed by atoms with Gasteiger partial charge in [0.1, 0.15) is 5.82 Å². The fraction of sp³-hybridized carbons (Fsp3) is 0.800. The molecule has 2 atom stereocenters. The number of hydrogen-bond donors (Lipinski definition) is 1. The highest BCUT2D eigenvalue weighted by molar-refractivity contribution is 4.95. The lowest BCUT2D eigenvalue weighted by atomic mass is 9.99. The molecule has 0 saturated heterocycles. The summed E-state index contributed by atoms with van der Waals surface area (Å²) in [6, 6.07) is 0.484. The molecular formula is C15H29N3O. The van der Waals surface area contributed by atoms with Gasteiger partial charge in [0, 0.05) is 45.1 Å². The summed E-state index contributed by atoms with van der Waals surface area (Å²) in [5, 5.41) is 3.64. The van der Waals surface area contributed by atoms with Gasteiger partial charge in [-0.2, -0.15) is 0 Å². The van der Waals surface area contributed by atoms with Crippen molar-refractivity contribution in [3.8, 4) is 0 Å². The molecule has 0 aromatic carbocycles. The van der Waals surface area contributed by atoms with Gasteiger partial charge in [-0.1, -0.05) is 13.8 Å². The number of methoxy groups -OCH3 is 1. The van der Waals surface area contributed by atoms with Crippen molar-refractivity contribution in [1.29, 1.82) is 0 Å². The minimum absolute atomic E-state index is 0.484.